The summed E-state index contributed by atoms with van der Waals surface area (Å²) in [6.45, 7) is 12.1. The highest BCUT2D eigenvalue weighted by Crippen LogP contribution is 2.28. The zero-order chi connectivity index (χ0) is 12.9. The van der Waals surface area contributed by atoms with E-state index in [0.717, 1.165) is 6.54 Å². The van der Waals surface area contributed by atoms with Crippen LogP contribution in [0.4, 0.5) is 0 Å². The van der Waals surface area contributed by atoms with E-state index in [4.69, 9.17) is 0 Å². The van der Waals surface area contributed by atoms with Gasteiger partial charge in [0.25, 0.3) is 0 Å². The summed E-state index contributed by atoms with van der Waals surface area (Å²) in [5.41, 5.74) is 4.49. The average molecular weight is 233 g/mol. The number of nitrogens with one attached hydrogen (secondary N) is 1. The first kappa shape index (κ1) is 14.2. The molecule has 0 radical (unpaired) electrons. The Kier molecular flexibility index (Phi) is 5.20. The van der Waals surface area contributed by atoms with E-state index in [2.05, 4.69) is 58.1 Å². The van der Waals surface area contributed by atoms with Crippen molar-refractivity contribution in [1.82, 2.24) is 5.32 Å². The largest absolute Gasteiger partial charge is 0.307 e. The SMILES string of the molecule is CCCC.Cc1ccc2c(c1)C(C)(C)NCC2. The third-order valence-electron chi connectivity index (χ3n) is 3.40. The maximum atomic E-state index is 3.54. The summed E-state index contributed by atoms with van der Waals surface area (Å²) in [6.07, 6.45) is 3.80. The lowest BCUT2D eigenvalue weighted by molar-refractivity contribution is 0.382. The summed E-state index contributed by atoms with van der Waals surface area (Å²) in [7, 11) is 0. The van der Waals surface area contributed by atoms with Crippen molar-refractivity contribution in [1.29, 1.82) is 0 Å². The molecule has 0 amide bonds. The van der Waals surface area contributed by atoms with Gasteiger partial charge < -0.3 is 5.32 Å². The maximum absolute atomic E-state index is 3.54. The van der Waals surface area contributed by atoms with Crippen molar-refractivity contribution in [3.8, 4) is 0 Å². The van der Waals surface area contributed by atoms with Gasteiger partial charge in [-0.05, 0) is 44.9 Å². The minimum Gasteiger partial charge on any atom is -0.307 e. The van der Waals surface area contributed by atoms with Crippen LogP contribution in [0.5, 0.6) is 0 Å². The highest BCUT2D eigenvalue weighted by Gasteiger charge is 2.26. The predicted octanol–water partition coefficient (Wildman–Crippen LogP) is 4.18. The van der Waals surface area contributed by atoms with E-state index in [1.807, 2.05) is 0 Å². The molecule has 0 saturated heterocycles. The molecule has 1 aromatic carbocycles. The first-order valence-corrected chi connectivity index (χ1v) is 6.86. The number of fused-ring (bicyclic) bond motifs is 1. The van der Waals surface area contributed by atoms with Gasteiger partial charge >= 0.3 is 0 Å². The molecule has 17 heavy (non-hydrogen) atoms. The van der Waals surface area contributed by atoms with Crippen molar-refractivity contribution >= 4 is 0 Å². The third kappa shape index (κ3) is 3.85. The molecule has 96 valence electrons. The first-order chi connectivity index (χ1) is 8.01. The number of rotatable bonds is 1. The molecule has 0 bridgehead atoms. The normalized spacial score (nSPS) is 16.8. The van der Waals surface area contributed by atoms with Crippen LogP contribution >= 0.6 is 0 Å². The summed E-state index contributed by atoms with van der Waals surface area (Å²) in [5.74, 6) is 0. The molecule has 0 saturated carbocycles. The molecule has 0 unspecified atom stereocenters. The Morgan fingerprint density at radius 3 is 2.41 bits per heavy atom. The molecule has 1 N–H and O–H groups in total. The van der Waals surface area contributed by atoms with Crippen molar-refractivity contribution in [2.24, 2.45) is 0 Å². The van der Waals surface area contributed by atoms with Crippen LogP contribution in [0.25, 0.3) is 0 Å². The number of aryl methyl sites for hydroxylation is 1. The van der Waals surface area contributed by atoms with Gasteiger partial charge in [-0.15, -0.1) is 0 Å². The van der Waals surface area contributed by atoms with E-state index >= 15 is 0 Å². The van der Waals surface area contributed by atoms with E-state index in [0.29, 0.717) is 0 Å². The Hall–Kier alpha value is -0.820. The van der Waals surface area contributed by atoms with E-state index in [9.17, 15) is 0 Å². The van der Waals surface area contributed by atoms with Gasteiger partial charge in [0.05, 0.1) is 0 Å². The van der Waals surface area contributed by atoms with Gasteiger partial charge in [0.15, 0.2) is 0 Å². The standard InChI is InChI=1S/C12H17N.C4H10/c1-9-4-5-10-6-7-13-12(2,3)11(10)8-9;1-3-4-2/h4-5,8,13H,6-7H2,1-3H3;3-4H2,1-2H3. The van der Waals surface area contributed by atoms with Crippen molar-refractivity contribution in [2.75, 3.05) is 6.54 Å². The molecule has 0 fully saturated rings. The lowest BCUT2D eigenvalue weighted by Crippen LogP contribution is -2.42. The molecule has 1 heteroatoms. The topological polar surface area (TPSA) is 12.0 Å². The van der Waals surface area contributed by atoms with Crippen LogP contribution in [0.1, 0.15) is 57.2 Å². The Bertz CT molecular complexity index is 351. The quantitative estimate of drug-likeness (QED) is 0.767. The van der Waals surface area contributed by atoms with Crippen LogP contribution in [-0.4, -0.2) is 6.54 Å². The summed E-state index contributed by atoms with van der Waals surface area (Å²) < 4.78 is 0. The molecule has 0 aromatic heterocycles. The second kappa shape index (κ2) is 6.20. The summed E-state index contributed by atoms with van der Waals surface area (Å²) in [6, 6.07) is 6.79. The monoisotopic (exact) mass is 233 g/mol. The molecule has 1 aliphatic rings. The van der Waals surface area contributed by atoms with Gasteiger partial charge in [0, 0.05) is 5.54 Å². The van der Waals surface area contributed by atoms with Crippen LogP contribution < -0.4 is 5.32 Å². The first-order valence-electron chi connectivity index (χ1n) is 6.86. The van der Waals surface area contributed by atoms with Crippen LogP contribution in [-0.2, 0) is 12.0 Å². The van der Waals surface area contributed by atoms with Crippen LogP contribution in [0.15, 0.2) is 18.2 Å². The van der Waals surface area contributed by atoms with E-state index in [1.54, 1.807) is 0 Å². The molecule has 0 atom stereocenters. The average Bonchev–Trinajstić information content (AvgIpc) is 2.30. The Labute approximate surface area is 107 Å². The molecule has 1 aromatic rings. The summed E-state index contributed by atoms with van der Waals surface area (Å²) in [5, 5.41) is 3.54. The smallest absolute Gasteiger partial charge is 0.0380 e. The van der Waals surface area contributed by atoms with E-state index in [1.165, 1.54) is 36.0 Å². The third-order valence-corrected chi connectivity index (χ3v) is 3.40. The zero-order valence-corrected chi connectivity index (χ0v) is 12.1. The Balaban J connectivity index is 0.000000317. The highest BCUT2D eigenvalue weighted by molar-refractivity contribution is 5.38. The minimum absolute atomic E-state index is 0.152. The van der Waals surface area contributed by atoms with Crippen LogP contribution in [0.3, 0.4) is 0 Å². The molecule has 1 nitrogen and oxygen atoms in total. The second-order valence-corrected chi connectivity index (χ2v) is 5.46. The Morgan fingerprint density at radius 1 is 1.18 bits per heavy atom. The van der Waals surface area contributed by atoms with Crippen molar-refractivity contribution in [3.05, 3.63) is 34.9 Å². The lowest BCUT2D eigenvalue weighted by Gasteiger charge is -2.34. The predicted molar refractivity (Wildman–Crippen MR) is 76.5 cm³/mol. The molecule has 2 rings (SSSR count). The number of unbranched alkanes of at least 4 members (excludes halogenated alkanes) is 1. The molecule has 0 aliphatic carbocycles. The van der Waals surface area contributed by atoms with Gasteiger partial charge in [0.2, 0.25) is 0 Å². The van der Waals surface area contributed by atoms with Gasteiger partial charge in [-0.25, -0.2) is 0 Å². The molecular weight excluding hydrogens is 206 g/mol. The number of hydrogen-bond acceptors (Lipinski definition) is 1. The summed E-state index contributed by atoms with van der Waals surface area (Å²) >= 11 is 0. The molecule has 0 spiro atoms. The minimum atomic E-state index is 0.152. The van der Waals surface area contributed by atoms with Gasteiger partial charge in [-0.2, -0.15) is 0 Å². The van der Waals surface area contributed by atoms with Crippen molar-refractivity contribution in [3.63, 3.8) is 0 Å². The van der Waals surface area contributed by atoms with E-state index in [-0.39, 0.29) is 5.54 Å². The van der Waals surface area contributed by atoms with Crippen LogP contribution in [0, 0.1) is 6.92 Å². The van der Waals surface area contributed by atoms with Gasteiger partial charge in [0.1, 0.15) is 0 Å². The fourth-order valence-corrected chi connectivity index (χ4v) is 2.10. The number of benzene rings is 1. The van der Waals surface area contributed by atoms with Crippen molar-refractivity contribution in [2.45, 2.75) is 59.4 Å². The molecule has 1 aliphatic heterocycles. The number of hydrogen-bond donors (Lipinski definition) is 1. The Morgan fingerprint density at radius 2 is 1.82 bits per heavy atom. The fourth-order valence-electron chi connectivity index (χ4n) is 2.10. The fraction of sp³-hybridized carbons (Fsp3) is 0.625. The van der Waals surface area contributed by atoms with Crippen LogP contribution in [0.2, 0.25) is 0 Å². The second-order valence-electron chi connectivity index (χ2n) is 5.46. The zero-order valence-electron chi connectivity index (χ0n) is 12.1. The summed E-state index contributed by atoms with van der Waals surface area (Å²) in [4.78, 5) is 0. The molecular formula is C16H27N. The lowest BCUT2D eigenvalue weighted by atomic mass is 9.84. The molecule has 1 heterocycles. The van der Waals surface area contributed by atoms with E-state index < -0.39 is 0 Å². The highest BCUT2D eigenvalue weighted by atomic mass is 15.0. The maximum Gasteiger partial charge on any atom is 0.0380 e. The van der Waals surface area contributed by atoms with Gasteiger partial charge in [-0.3, -0.25) is 0 Å². The van der Waals surface area contributed by atoms with Crippen molar-refractivity contribution < 1.29 is 0 Å². The van der Waals surface area contributed by atoms with Gasteiger partial charge in [-0.1, -0.05) is 50.5 Å².